The van der Waals surface area contributed by atoms with E-state index in [1.54, 1.807) is 12.5 Å². The summed E-state index contributed by atoms with van der Waals surface area (Å²) in [5, 5.41) is 0. The molecule has 1 amide bonds. The van der Waals surface area contributed by atoms with E-state index in [1.807, 2.05) is 41.3 Å². The van der Waals surface area contributed by atoms with Crippen molar-refractivity contribution in [1.82, 2.24) is 9.80 Å². The molecule has 128 valence electrons. The number of rotatable bonds is 5. The summed E-state index contributed by atoms with van der Waals surface area (Å²) < 4.78 is 16.7. The van der Waals surface area contributed by atoms with Crippen LogP contribution in [0.2, 0.25) is 0 Å². The van der Waals surface area contributed by atoms with Crippen LogP contribution in [-0.4, -0.2) is 52.4 Å². The van der Waals surface area contributed by atoms with Crippen LogP contribution >= 0.6 is 0 Å². The van der Waals surface area contributed by atoms with Crippen LogP contribution in [0.1, 0.15) is 21.7 Å². The number of furan rings is 1. The molecule has 1 aliphatic heterocycles. The molecule has 1 atom stereocenters. The van der Waals surface area contributed by atoms with Gasteiger partial charge in [0, 0.05) is 54.6 Å². The zero-order chi connectivity index (χ0) is 16.9. The summed E-state index contributed by atoms with van der Waals surface area (Å²) in [6.45, 7) is 3.88. The molecule has 1 saturated heterocycles. The Morgan fingerprint density at radius 2 is 1.96 bits per heavy atom. The van der Waals surface area contributed by atoms with Gasteiger partial charge in [-0.1, -0.05) is 12.1 Å². The lowest BCUT2D eigenvalue weighted by Crippen LogP contribution is -2.48. The maximum Gasteiger partial charge on any atom is 0.253 e. The van der Waals surface area contributed by atoms with Crippen molar-refractivity contribution in [3.8, 4) is 0 Å². The van der Waals surface area contributed by atoms with Crippen molar-refractivity contribution >= 4 is 16.7 Å². The molecule has 0 radical (unpaired) electrons. The Morgan fingerprint density at radius 3 is 2.62 bits per heavy atom. The second-order valence-corrected chi connectivity index (χ2v) is 7.50. The third-order valence-corrected chi connectivity index (χ3v) is 4.90. The van der Waals surface area contributed by atoms with E-state index in [0.29, 0.717) is 24.4 Å². The molecule has 24 heavy (non-hydrogen) atoms. The molecule has 0 aliphatic carbocycles. The van der Waals surface area contributed by atoms with Gasteiger partial charge in [0.15, 0.2) is 0 Å². The van der Waals surface area contributed by atoms with Crippen molar-refractivity contribution in [2.75, 3.05) is 32.4 Å². The fraction of sp³-hybridized carbons (Fsp3) is 0.389. The Labute approximate surface area is 144 Å². The van der Waals surface area contributed by atoms with Crippen molar-refractivity contribution in [3.05, 3.63) is 59.5 Å². The first-order valence-electron chi connectivity index (χ1n) is 8.05. The van der Waals surface area contributed by atoms with E-state index >= 15 is 0 Å². The van der Waals surface area contributed by atoms with Crippen LogP contribution in [0.25, 0.3) is 0 Å². The highest BCUT2D eigenvalue weighted by molar-refractivity contribution is 7.83. The van der Waals surface area contributed by atoms with Crippen molar-refractivity contribution in [3.63, 3.8) is 0 Å². The van der Waals surface area contributed by atoms with E-state index in [0.717, 1.165) is 31.0 Å². The number of carbonyl (C=O) groups excluding carboxylic acids is 1. The van der Waals surface area contributed by atoms with Gasteiger partial charge in [-0.2, -0.15) is 0 Å². The summed E-state index contributed by atoms with van der Waals surface area (Å²) in [7, 11) is -0.904. The molecule has 2 heterocycles. The van der Waals surface area contributed by atoms with Gasteiger partial charge in [-0.3, -0.25) is 13.9 Å². The lowest BCUT2D eigenvalue weighted by atomic mass is 10.1. The van der Waals surface area contributed by atoms with E-state index in [2.05, 4.69) is 4.90 Å². The van der Waals surface area contributed by atoms with Crippen molar-refractivity contribution < 1.29 is 13.4 Å². The third kappa shape index (κ3) is 4.33. The highest BCUT2D eigenvalue weighted by atomic mass is 32.2. The van der Waals surface area contributed by atoms with Crippen LogP contribution in [0.5, 0.6) is 0 Å². The van der Waals surface area contributed by atoms with Crippen molar-refractivity contribution in [2.24, 2.45) is 0 Å². The predicted octanol–water partition coefficient (Wildman–Crippen LogP) is 2.12. The van der Waals surface area contributed by atoms with Crippen LogP contribution in [0.15, 0.2) is 47.1 Å². The first-order valence-corrected chi connectivity index (χ1v) is 9.77. The zero-order valence-corrected chi connectivity index (χ0v) is 14.6. The fourth-order valence-electron chi connectivity index (χ4n) is 2.94. The van der Waals surface area contributed by atoms with E-state index < -0.39 is 10.8 Å². The van der Waals surface area contributed by atoms with Gasteiger partial charge in [0.25, 0.3) is 5.91 Å². The molecule has 0 saturated carbocycles. The largest absolute Gasteiger partial charge is 0.468 e. The monoisotopic (exact) mass is 346 g/mol. The summed E-state index contributed by atoms with van der Waals surface area (Å²) in [4.78, 5) is 16.9. The Bertz CT molecular complexity index is 707. The molecular weight excluding hydrogens is 324 g/mol. The molecular formula is C18H22N2O3S. The van der Waals surface area contributed by atoms with Gasteiger partial charge in [0.05, 0.1) is 12.8 Å². The summed E-state index contributed by atoms with van der Waals surface area (Å²) in [6, 6.07) is 11.3. The maximum absolute atomic E-state index is 12.7. The first-order chi connectivity index (χ1) is 11.6. The molecule has 2 aromatic rings. The number of nitrogens with zero attached hydrogens (tertiary/aromatic N) is 2. The van der Waals surface area contributed by atoms with Gasteiger partial charge in [-0.25, -0.2) is 0 Å². The molecule has 0 bridgehead atoms. The topological polar surface area (TPSA) is 53.8 Å². The molecule has 1 aromatic carbocycles. The Morgan fingerprint density at radius 1 is 1.17 bits per heavy atom. The van der Waals surface area contributed by atoms with Crippen molar-refractivity contribution in [2.45, 2.75) is 12.3 Å². The number of piperazine rings is 1. The number of benzene rings is 1. The van der Waals surface area contributed by atoms with E-state index in [4.69, 9.17) is 4.42 Å². The lowest BCUT2D eigenvalue weighted by Gasteiger charge is -2.34. The minimum Gasteiger partial charge on any atom is -0.468 e. The molecule has 6 heteroatoms. The minimum atomic E-state index is -0.904. The summed E-state index contributed by atoms with van der Waals surface area (Å²) in [6.07, 6.45) is 3.36. The standard InChI is InChI=1S/C18H22N2O3S/c1-24(22)14-15-4-2-5-16(12-15)18(21)20-9-7-19(8-10-20)13-17-6-3-11-23-17/h2-6,11-12H,7-10,13-14H2,1H3/t24-/m0/s1. The zero-order valence-electron chi connectivity index (χ0n) is 13.8. The second kappa shape index (κ2) is 7.77. The van der Waals surface area contributed by atoms with Crippen LogP contribution < -0.4 is 0 Å². The molecule has 5 nitrogen and oxygen atoms in total. The number of hydrogen-bond acceptors (Lipinski definition) is 4. The third-order valence-electron chi connectivity index (χ3n) is 4.16. The van der Waals surface area contributed by atoms with Gasteiger partial charge in [0.1, 0.15) is 5.76 Å². The summed E-state index contributed by atoms with van der Waals surface area (Å²) in [5.74, 6) is 1.49. The van der Waals surface area contributed by atoms with Crippen LogP contribution in [0.4, 0.5) is 0 Å². The Balaban J connectivity index is 1.57. The quantitative estimate of drug-likeness (QED) is 0.832. The normalized spacial score (nSPS) is 17.0. The number of carbonyl (C=O) groups is 1. The molecule has 0 N–H and O–H groups in total. The average Bonchev–Trinajstić information content (AvgIpc) is 3.07. The van der Waals surface area contributed by atoms with Crippen LogP contribution in [-0.2, 0) is 23.1 Å². The average molecular weight is 346 g/mol. The molecule has 1 aliphatic rings. The van der Waals surface area contributed by atoms with Gasteiger partial charge < -0.3 is 9.32 Å². The SMILES string of the molecule is C[S@](=O)Cc1cccc(C(=O)N2CCN(Cc3ccco3)CC2)c1. The van der Waals surface area contributed by atoms with E-state index in [1.165, 1.54) is 0 Å². The molecule has 1 fully saturated rings. The number of hydrogen-bond donors (Lipinski definition) is 0. The lowest BCUT2D eigenvalue weighted by molar-refractivity contribution is 0.0620. The smallest absolute Gasteiger partial charge is 0.253 e. The van der Waals surface area contributed by atoms with E-state index in [9.17, 15) is 9.00 Å². The summed E-state index contributed by atoms with van der Waals surface area (Å²) in [5.41, 5.74) is 1.62. The Kier molecular flexibility index (Phi) is 5.48. The fourth-order valence-corrected chi connectivity index (χ4v) is 3.59. The Hall–Kier alpha value is -1.92. The maximum atomic E-state index is 12.7. The molecule has 3 rings (SSSR count). The molecule has 0 unspecified atom stereocenters. The first kappa shape index (κ1) is 16.9. The molecule has 0 spiro atoms. The van der Waals surface area contributed by atoms with Gasteiger partial charge in [-0.05, 0) is 29.8 Å². The minimum absolute atomic E-state index is 0.0522. The van der Waals surface area contributed by atoms with Crippen molar-refractivity contribution in [1.29, 1.82) is 0 Å². The van der Waals surface area contributed by atoms with E-state index in [-0.39, 0.29) is 5.91 Å². The predicted molar refractivity (Wildman–Crippen MR) is 94.1 cm³/mol. The van der Waals surface area contributed by atoms with Gasteiger partial charge in [-0.15, -0.1) is 0 Å². The summed E-state index contributed by atoms with van der Waals surface area (Å²) >= 11 is 0. The van der Waals surface area contributed by atoms with Crippen LogP contribution in [0, 0.1) is 0 Å². The van der Waals surface area contributed by atoms with Gasteiger partial charge >= 0.3 is 0 Å². The second-order valence-electron chi connectivity index (χ2n) is 6.07. The number of amides is 1. The molecule has 1 aromatic heterocycles. The highest BCUT2D eigenvalue weighted by Crippen LogP contribution is 2.14. The van der Waals surface area contributed by atoms with Gasteiger partial charge in [0.2, 0.25) is 0 Å². The highest BCUT2D eigenvalue weighted by Gasteiger charge is 2.22. The van der Waals surface area contributed by atoms with Crippen LogP contribution in [0.3, 0.4) is 0 Å².